The van der Waals surface area contributed by atoms with Gasteiger partial charge in [0.05, 0.1) is 30.0 Å². The van der Waals surface area contributed by atoms with Crippen LogP contribution in [0.2, 0.25) is 0 Å². The quantitative estimate of drug-likeness (QED) is 0.689. The number of thiophene rings is 1. The van der Waals surface area contributed by atoms with Gasteiger partial charge < -0.3 is 15.0 Å². The van der Waals surface area contributed by atoms with Crippen LogP contribution >= 0.6 is 11.3 Å². The molecule has 2 heterocycles. The number of anilines is 1. The number of nitrogens with zero attached hydrogens (tertiary/aromatic N) is 1. The zero-order chi connectivity index (χ0) is 20.1. The molecule has 1 unspecified atom stereocenters. The number of amides is 1. The summed E-state index contributed by atoms with van der Waals surface area (Å²) in [4.78, 5) is 15.1. The van der Waals surface area contributed by atoms with Crippen molar-refractivity contribution in [2.24, 2.45) is 0 Å². The molecule has 1 saturated heterocycles. The monoisotopic (exact) mass is 424 g/mol. The van der Waals surface area contributed by atoms with Gasteiger partial charge in [0.15, 0.2) is 6.04 Å². The van der Waals surface area contributed by atoms with Crippen molar-refractivity contribution in [1.82, 2.24) is 4.31 Å². The molecule has 2 atom stereocenters. The summed E-state index contributed by atoms with van der Waals surface area (Å²) in [6.07, 6.45) is 0. The fourth-order valence-corrected chi connectivity index (χ4v) is 5.24. The van der Waals surface area contributed by atoms with Gasteiger partial charge in [-0.15, -0.1) is 11.3 Å². The molecule has 0 aliphatic carbocycles. The zero-order valence-electron chi connectivity index (χ0n) is 16.1. The van der Waals surface area contributed by atoms with E-state index in [0.717, 1.165) is 11.4 Å². The van der Waals surface area contributed by atoms with Gasteiger partial charge in [-0.1, -0.05) is 12.1 Å². The van der Waals surface area contributed by atoms with Crippen LogP contribution in [-0.2, 0) is 26.1 Å². The average Bonchev–Trinajstić information content (AvgIpc) is 3.21. The Hall–Kier alpha value is -1.78. The van der Waals surface area contributed by atoms with Crippen LogP contribution in [0.5, 0.6) is 0 Å². The summed E-state index contributed by atoms with van der Waals surface area (Å²) >= 11 is 1.67. The Labute approximate surface area is 170 Å². The van der Waals surface area contributed by atoms with Gasteiger partial charge in [0, 0.05) is 18.8 Å². The lowest BCUT2D eigenvalue weighted by Crippen LogP contribution is -3.12. The number of carbonyl (C=O) groups excluding carboxylic acids is 1. The van der Waals surface area contributed by atoms with Crippen molar-refractivity contribution in [2.75, 3.05) is 38.7 Å². The molecule has 152 valence electrons. The summed E-state index contributed by atoms with van der Waals surface area (Å²) in [5.74, 6) is -0.144. The van der Waals surface area contributed by atoms with Gasteiger partial charge in [-0.2, -0.15) is 4.31 Å². The van der Waals surface area contributed by atoms with E-state index in [2.05, 4.69) is 11.4 Å². The first kappa shape index (κ1) is 20.9. The van der Waals surface area contributed by atoms with E-state index in [-0.39, 0.29) is 16.8 Å². The molecule has 2 aromatic rings. The molecule has 1 aromatic carbocycles. The minimum Gasteiger partial charge on any atom is -0.379 e. The van der Waals surface area contributed by atoms with Crippen molar-refractivity contribution in [3.63, 3.8) is 0 Å². The predicted octanol–water partition coefficient (Wildman–Crippen LogP) is 0.811. The summed E-state index contributed by atoms with van der Waals surface area (Å²) in [6.45, 7) is 4.10. The zero-order valence-corrected chi connectivity index (χ0v) is 17.7. The van der Waals surface area contributed by atoms with Gasteiger partial charge in [0.2, 0.25) is 10.0 Å². The minimum absolute atomic E-state index is 0.144. The third kappa shape index (κ3) is 4.98. The molecule has 7 nitrogen and oxygen atoms in total. The SMILES string of the molecule is C[C@@H](C(=O)Nc1cccc(S(=O)(=O)N2CCOCC2)c1)[NH+](C)Cc1cccs1. The molecule has 9 heteroatoms. The molecule has 1 fully saturated rings. The van der Waals surface area contributed by atoms with E-state index in [4.69, 9.17) is 4.74 Å². The number of benzene rings is 1. The van der Waals surface area contributed by atoms with Crippen LogP contribution in [0.15, 0.2) is 46.7 Å². The van der Waals surface area contributed by atoms with E-state index in [1.807, 2.05) is 25.4 Å². The van der Waals surface area contributed by atoms with Crippen molar-refractivity contribution in [2.45, 2.75) is 24.4 Å². The predicted molar refractivity (Wildman–Crippen MR) is 109 cm³/mol. The van der Waals surface area contributed by atoms with Crippen molar-refractivity contribution >= 4 is 33.0 Å². The van der Waals surface area contributed by atoms with Crippen molar-refractivity contribution in [3.05, 3.63) is 46.7 Å². The van der Waals surface area contributed by atoms with Gasteiger partial charge in [0.25, 0.3) is 5.91 Å². The Morgan fingerprint density at radius 3 is 2.71 bits per heavy atom. The second-order valence-corrected chi connectivity index (χ2v) is 9.83. The van der Waals surface area contributed by atoms with E-state index in [9.17, 15) is 13.2 Å². The lowest BCUT2D eigenvalue weighted by molar-refractivity contribution is -0.907. The number of morpholine rings is 1. The third-order valence-corrected chi connectivity index (χ3v) is 7.65. The van der Waals surface area contributed by atoms with E-state index in [0.29, 0.717) is 32.0 Å². The van der Waals surface area contributed by atoms with Crippen LogP contribution in [-0.4, -0.2) is 58.0 Å². The number of likely N-dealkylation sites (N-methyl/N-ethyl adjacent to an activating group) is 1. The Morgan fingerprint density at radius 2 is 2.04 bits per heavy atom. The first-order chi connectivity index (χ1) is 13.4. The molecule has 1 aromatic heterocycles. The second kappa shape index (κ2) is 9.15. The molecular formula is C19H26N3O4S2+. The number of carbonyl (C=O) groups is 1. The molecule has 0 radical (unpaired) electrons. The molecule has 0 bridgehead atoms. The smallest absolute Gasteiger partial charge is 0.282 e. The number of rotatable bonds is 7. The van der Waals surface area contributed by atoms with Gasteiger partial charge in [-0.3, -0.25) is 4.79 Å². The number of hydrogen-bond acceptors (Lipinski definition) is 5. The first-order valence-electron chi connectivity index (χ1n) is 9.21. The summed E-state index contributed by atoms with van der Waals surface area (Å²) in [7, 11) is -1.62. The molecular weight excluding hydrogens is 398 g/mol. The fraction of sp³-hybridized carbons (Fsp3) is 0.421. The number of nitrogens with one attached hydrogen (secondary N) is 2. The van der Waals surface area contributed by atoms with E-state index in [1.165, 1.54) is 15.2 Å². The summed E-state index contributed by atoms with van der Waals surface area (Å²) in [5.41, 5.74) is 0.482. The Bertz CT molecular complexity index is 894. The van der Waals surface area contributed by atoms with Crippen molar-refractivity contribution in [1.29, 1.82) is 0 Å². The summed E-state index contributed by atoms with van der Waals surface area (Å²) in [5, 5.41) is 4.88. The van der Waals surface area contributed by atoms with Crippen LogP contribution in [0, 0.1) is 0 Å². The number of quaternary nitrogens is 1. The highest BCUT2D eigenvalue weighted by Crippen LogP contribution is 2.20. The minimum atomic E-state index is -3.59. The van der Waals surface area contributed by atoms with Gasteiger partial charge in [0.1, 0.15) is 6.54 Å². The normalized spacial score (nSPS) is 17.8. The van der Waals surface area contributed by atoms with Crippen molar-refractivity contribution < 1.29 is 22.8 Å². The first-order valence-corrected chi connectivity index (χ1v) is 11.5. The highest BCUT2D eigenvalue weighted by Gasteiger charge is 2.27. The standard InChI is InChI=1S/C19H25N3O4S2/c1-15(21(2)14-17-6-4-12-27-17)19(23)20-16-5-3-7-18(13-16)28(24,25)22-8-10-26-11-9-22/h3-7,12-13,15H,8-11,14H2,1-2H3,(H,20,23)/p+1/t15-/m0/s1. The van der Waals surface area contributed by atoms with Gasteiger partial charge in [-0.25, -0.2) is 8.42 Å². The van der Waals surface area contributed by atoms with E-state index >= 15 is 0 Å². The molecule has 1 aliphatic rings. The fourth-order valence-electron chi connectivity index (χ4n) is 2.99. The molecule has 0 spiro atoms. The maximum absolute atomic E-state index is 12.8. The van der Waals surface area contributed by atoms with Gasteiger partial charge >= 0.3 is 0 Å². The molecule has 28 heavy (non-hydrogen) atoms. The van der Waals surface area contributed by atoms with Crippen LogP contribution in [0.25, 0.3) is 0 Å². The number of hydrogen-bond donors (Lipinski definition) is 2. The Kier molecular flexibility index (Phi) is 6.84. The lowest BCUT2D eigenvalue weighted by atomic mass is 10.2. The van der Waals surface area contributed by atoms with Crippen LogP contribution in [0.3, 0.4) is 0 Å². The lowest BCUT2D eigenvalue weighted by Gasteiger charge is -2.26. The van der Waals surface area contributed by atoms with Gasteiger partial charge in [-0.05, 0) is 36.6 Å². The number of ether oxygens (including phenoxy) is 1. The third-order valence-electron chi connectivity index (χ3n) is 4.88. The Morgan fingerprint density at radius 1 is 1.29 bits per heavy atom. The van der Waals surface area contributed by atoms with Crippen LogP contribution in [0.1, 0.15) is 11.8 Å². The Balaban J connectivity index is 1.67. The van der Waals surface area contributed by atoms with E-state index in [1.54, 1.807) is 29.5 Å². The maximum atomic E-state index is 12.8. The summed E-state index contributed by atoms with van der Waals surface area (Å²) in [6, 6.07) is 10.2. The topological polar surface area (TPSA) is 80.2 Å². The molecule has 0 saturated carbocycles. The van der Waals surface area contributed by atoms with Crippen LogP contribution < -0.4 is 10.2 Å². The molecule has 1 amide bonds. The molecule has 3 rings (SSSR count). The largest absolute Gasteiger partial charge is 0.379 e. The maximum Gasteiger partial charge on any atom is 0.282 e. The highest BCUT2D eigenvalue weighted by molar-refractivity contribution is 7.89. The summed E-state index contributed by atoms with van der Waals surface area (Å²) < 4.78 is 32.2. The molecule has 1 aliphatic heterocycles. The highest BCUT2D eigenvalue weighted by atomic mass is 32.2. The van der Waals surface area contributed by atoms with Crippen LogP contribution in [0.4, 0.5) is 5.69 Å². The van der Waals surface area contributed by atoms with Crippen molar-refractivity contribution in [3.8, 4) is 0 Å². The molecule has 2 N–H and O–H groups in total. The second-order valence-electron chi connectivity index (χ2n) is 6.86. The average molecular weight is 425 g/mol. The number of sulfonamides is 1. The van der Waals surface area contributed by atoms with E-state index < -0.39 is 10.0 Å².